The zero-order valence-corrected chi connectivity index (χ0v) is 10.3. The van der Waals surface area contributed by atoms with Crippen LogP contribution in [-0.4, -0.2) is 17.3 Å². The van der Waals surface area contributed by atoms with Crippen LogP contribution < -0.4 is 5.11 Å². The van der Waals surface area contributed by atoms with Gasteiger partial charge in [-0.1, -0.05) is 13.8 Å². The van der Waals surface area contributed by atoms with Gasteiger partial charge in [-0.05, 0) is 13.8 Å². The van der Waals surface area contributed by atoms with Gasteiger partial charge in [0.2, 0.25) is 0 Å². The molecule has 0 aromatic carbocycles. The summed E-state index contributed by atoms with van der Waals surface area (Å²) < 4.78 is 0. The summed E-state index contributed by atoms with van der Waals surface area (Å²) in [5.74, 6) is 0. The van der Waals surface area contributed by atoms with E-state index in [0.29, 0.717) is 0 Å². The second-order valence-corrected chi connectivity index (χ2v) is 2.14. The molecule has 2 atom stereocenters. The number of rotatable bonds is 0. The summed E-state index contributed by atoms with van der Waals surface area (Å²) in [5.41, 5.74) is 0. The first-order valence-corrected chi connectivity index (χ1v) is 2.80. The van der Waals surface area contributed by atoms with E-state index in [4.69, 9.17) is 5.11 Å². The predicted octanol–water partition coefficient (Wildman–Crippen LogP) is 0.258. The fraction of sp³-hybridized carbons (Fsp3) is 1.00. The van der Waals surface area contributed by atoms with E-state index in [0.717, 1.165) is 0 Å². The van der Waals surface area contributed by atoms with E-state index >= 15 is 0 Å². The van der Waals surface area contributed by atoms with Crippen molar-refractivity contribution in [1.82, 2.24) is 0 Å². The molecule has 0 radical (unpaired) electrons. The number of aliphatic hydroxyl groups excluding tert-OH is 1. The van der Waals surface area contributed by atoms with Crippen LogP contribution in [-0.2, 0) is 0 Å². The summed E-state index contributed by atoms with van der Waals surface area (Å²) in [7, 11) is 0. The van der Waals surface area contributed by atoms with Crippen molar-refractivity contribution >= 4 is 19.8 Å². The zero-order chi connectivity index (χ0) is 7.15. The summed E-state index contributed by atoms with van der Waals surface area (Å²) in [6.45, 7) is 6.67. The van der Waals surface area contributed by atoms with Crippen molar-refractivity contribution < 1.29 is 10.2 Å². The summed E-state index contributed by atoms with van der Waals surface area (Å²) in [5, 5.41) is 17.6. The van der Waals surface area contributed by atoms with Crippen molar-refractivity contribution in [1.29, 1.82) is 0 Å². The van der Waals surface area contributed by atoms with E-state index in [9.17, 15) is 5.11 Å². The van der Waals surface area contributed by atoms with Crippen LogP contribution >= 0.6 is 19.8 Å². The molecule has 68 valence electrons. The molecule has 0 spiro atoms. The van der Waals surface area contributed by atoms with Gasteiger partial charge in [0.15, 0.2) is 0 Å². The molecule has 0 saturated carbocycles. The molecule has 0 aromatic rings. The van der Waals surface area contributed by atoms with E-state index < -0.39 is 6.10 Å². The van der Waals surface area contributed by atoms with E-state index in [1.165, 1.54) is 0 Å². The SMILES string of the molecule is CC(C)O.CC(C)[O-].P.P. The first-order chi connectivity index (χ1) is 3.46. The lowest BCUT2D eigenvalue weighted by Gasteiger charge is -2.02. The van der Waals surface area contributed by atoms with Crippen molar-refractivity contribution in [2.45, 2.75) is 39.9 Å². The van der Waals surface area contributed by atoms with E-state index in [2.05, 4.69) is 0 Å². The topological polar surface area (TPSA) is 43.3 Å². The van der Waals surface area contributed by atoms with Gasteiger partial charge in [-0.25, -0.2) is 0 Å². The lowest BCUT2D eigenvalue weighted by atomic mass is 10.5. The summed E-state index contributed by atoms with van der Waals surface area (Å²) >= 11 is 0. The first kappa shape index (κ1) is 22.4. The molecule has 0 aromatic heterocycles. The predicted molar refractivity (Wildman–Crippen MR) is 54.7 cm³/mol. The third kappa shape index (κ3) is 874. The Balaban J connectivity index is -0.0000000300. The minimum atomic E-state index is -0.417. The molecule has 0 aliphatic heterocycles. The molecule has 1 N–H and O–H groups in total. The van der Waals surface area contributed by atoms with Crippen molar-refractivity contribution in [2.24, 2.45) is 0 Å². The molecular formula is C6H21O2P2-. The summed E-state index contributed by atoms with van der Waals surface area (Å²) in [6.07, 6.45) is -0.583. The van der Waals surface area contributed by atoms with Gasteiger partial charge < -0.3 is 10.2 Å². The monoisotopic (exact) mass is 187 g/mol. The molecule has 0 aliphatic rings. The van der Waals surface area contributed by atoms with Crippen LogP contribution in [0.2, 0.25) is 0 Å². The Hall–Kier alpha value is 0.780. The third-order valence-corrected chi connectivity index (χ3v) is 0. The van der Waals surface area contributed by atoms with Gasteiger partial charge in [0, 0.05) is 6.10 Å². The fourth-order valence-corrected chi connectivity index (χ4v) is 0. The molecular weight excluding hydrogens is 166 g/mol. The lowest BCUT2D eigenvalue weighted by Crippen LogP contribution is -2.14. The average molecular weight is 187 g/mol. The molecule has 0 aliphatic carbocycles. The zero-order valence-electron chi connectivity index (χ0n) is 7.42. The number of aliphatic hydroxyl groups is 1. The highest BCUT2D eigenvalue weighted by Gasteiger charge is 1.69. The highest BCUT2D eigenvalue weighted by atomic mass is 31.0. The third-order valence-electron chi connectivity index (χ3n) is 0. The molecule has 0 rings (SSSR count). The Morgan fingerprint density at radius 1 is 1.00 bits per heavy atom. The maximum Gasteiger partial charge on any atom is 0.0483 e. The van der Waals surface area contributed by atoms with Gasteiger partial charge in [0.05, 0.1) is 0 Å². The molecule has 0 heterocycles. The van der Waals surface area contributed by atoms with Gasteiger partial charge in [-0.2, -0.15) is 19.8 Å². The molecule has 10 heavy (non-hydrogen) atoms. The standard InChI is InChI=1S/C3H8O.C3H7O.2H3P/c2*1-3(2)4;;/h3-4H,1-2H3;3H,1-2H3;2*1H3/q;-1;;. The lowest BCUT2D eigenvalue weighted by molar-refractivity contribution is -0.407. The van der Waals surface area contributed by atoms with Crippen LogP contribution in [0.1, 0.15) is 27.7 Å². The van der Waals surface area contributed by atoms with Gasteiger partial charge in [-0.15, -0.1) is 6.10 Å². The molecule has 0 amide bonds. The molecule has 0 fully saturated rings. The Labute approximate surface area is 70.7 Å². The van der Waals surface area contributed by atoms with Crippen LogP contribution in [0.3, 0.4) is 0 Å². The van der Waals surface area contributed by atoms with E-state index in [-0.39, 0.29) is 25.9 Å². The fourth-order valence-electron chi connectivity index (χ4n) is 0. The van der Waals surface area contributed by atoms with Gasteiger partial charge in [-0.3, -0.25) is 0 Å². The molecule has 0 saturated heterocycles. The quantitative estimate of drug-likeness (QED) is 0.553. The van der Waals surface area contributed by atoms with Crippen molar-refractivity contribution in [3.8, 4) is 0 Å². The Kier molecular flexibility index (Phi) is 36.8. The Morgan fingerprint density at radius 2 is 1.00 bits per heavy atom. The van der Waals surface area contributed by atoms with Gasteiger partial charge in [0.25, 0.3) is 0 Å². The Morgan fingerprint density at radius 3 is 1.00 bits per heavy atom. The molecule has 2 unspecified atom stereocenters. The van der Waals surface area contributed by atoms with E-state index in [1.807, 2.05) is 0 Å². The average Bonchev–Trinajstić information content (AvgIpc) is 1.25. The largest absolute Gasteiger partial charge is 0.852 e. The summed E-state index contributed by atoms with van der Waals surface area (Å²) in [4.78, 5) is 0. The molecule has 2 nitrogen and oxygen atoms in total. The minimum Gasteiger partial charge on any atom is -0.852 e. The maximum absolute atomic E-state index is 9.53. The van der Waals surface area contributed by atoms with Gasteiger partial charge in [0.1, 0.15) is 0 Å². The second-order valence-electron chi connectivity index (χ2n) is 2.14. The van der Waals surface area contributed by atoms with Crippen molar-refractivity contribution in [3.05, 3.63) is 0 Å². The van der Waals surface area contributed by atoms with Crippen LogP contribution in [0.25, 0.3) is 0 Å². The minimum absolute atomic E-state index is 0. The Bertz CT molecular complexity index is 29.2. The normalized spacial score (nSPS) is 7.20. The first-order valence-electron chi connectivity index (χ1n) is 2.80. The van der Waals surface area contributed by atoms with Crippen LogP contribution in [0.5, 0.6) is 0 Å². The van der Waals surface area contributed by atoms with Crippen LogP contribution in [0, 0.1) is 0 Å². The number of hydrogen-bond acceptors (Lipinski definition) is 2. The van der Waals surface area contributed by atoms with Crippen molar-refractivity contribution in [3.63, 3.8) is 0 Å². The highest BCUT2D eigenvalue weighted by molar-refractivity contribution is 6.92. The molecule has 4 heteroatoms. The maximum atomic E-state index is 9.53. The summed E-state index contributed by atoms with van der Waals surface area (Å²) in [6, 6.07) is 0. The molecule has 0 bridgehead atoms. The van der Waals surface area contributed by atoms with Crippen LogP contribution in [0.15, 0.2) is 0 Å². The van der Waals surface area contributed by atoms with Gasteiger partial charge >= 0.3 is 0 Å². The smallest absolute Gasteiger partial charge is 0.0483 e. The second kappa shape index (κ2) is 16.4. The van der Waals surface area contributed by atoms with E-state index in [1.54, 1.807) is 27.7 Å². The van der Waals surface area contributed by atoms with Crippen LogP contribution in [0.4, 0.5) is 0 Å². The van der Waals surface area contributed by atoms with Crippen molar-refractivity contribution in [2.75, 3.05) is 0 Å². The number of hydrogen-bond donors (Lipinski definition) is 1. The highest BCUT2D eigenvalue weighted by Crippen LogP contribution is 1.65.